The lowest BCUT2D eigenvalue weighted by molar-refractivity contribution is -0.211. The van der Waals surface area contributed by atoms with Gasteiger partial charge >= 0.3 is 24.7 Å². The highest BCUT2D eigenvalue weighted by Crippen LogP contribution is 2.46. The molecule has 2 N–H and O–H groups in total. The molecule has 0 saturated heterocycles. The van der Waals surface area contributed by atoms with Crippen molar-refractivity contribution in [2.24, 2.45) is 0 Å². The van der Waals surface area contributed by atoms with E-state index in [0.29, 0.717) is 0 Å². The van der Waals surface area contributed by atoms with E-state index in [0.717, 1.165) is 0 Å². The van der Waals surface area contributed by atoms with Crippen LogP contribution in [0.1, 0.15) is 34.8 Å². The summed E-state index contributed by atoms with van der Waals surface area (Å²) < 4.78 is 153. The van der Waals surface area contributed by atoms with Gasteiger partial charge in [-0.2, -0.15) is 52.7 Å². The molecule has 1 aromatic carbocycles. The summed E-state index contributed by atoms with van der Waals surface area (Å²) in [5.41, 5.74) is -9.85. The van der Waals surface area contributed by atoms with Crippen molar-refractivity contribution in [2.75, 3.05) is 0 Å². The summed E-state index contributed by atoms with van der Waals surface area (Å²) in [5.74, 6) is 0. The SMILES string of the molecule is OC(CC(O)C(F)(F)F)c1c(C(F)(F)F)cc(C(F)(F)F)cc1C(F)(F)F. The normalized spacial score (nSPS) is 16.4. The van der Waals surface area contributed by atoms with Crippen LogP contribution >= 0.6 is 0 Å². The molecule has 0 aliphatic rings. The van der Waals surface area contributed by atoms with Crippen LogP contribution < -0.4 is 0 Å². The third-order valence-electron chi connectivity index (χ3n) is 3.28. The van der Waals surface area contributed by atoms with Crippen LogP contribution in [0.3, 0.4) is 0 Å². The van der Waals surface area contributed by atoms with E-state index < -0.39 is 77.7 Å². The molecule has 0 radical (unpaired) electrons. The molecular formula is C13H8F12O2. The van der Waals surface area contributed by atoms with E-state index in [1.165, 1.54) is 0 Å². The fourth-order valence-electron chi connectivity index (χ4n) is 2.11. The summed E-state index contributed by atoms with van der Waals surface area (Å²) in [7, 11) is 0. The number of alkyl halides is 12. The molecule has 0 bridgehead atoms. The Bertz CT molecular complexity index is 633. The van der Waals surface area contributed by atoms with Crippen LogP contribution in [0.15, 0.2) is 12.1 Å². The van der Waals surface area contributed by atoms with Gasteiger partial charge in [-0.3, -0.25) is 0 Å². The first-order valence-corrected chi connectivity index (χ1v) is 6.58. The fraction of sp³-hybridized carbons (Fsp3) is 0.538. The number of rotatable bonds is 3. The standard InChI is InChI=1S/C13H8F12O2/c14-10(15,16)4-1-5(11(17,18)19)9(6(2-4)12(20,21)22)7(26)3-8(27)13(23,24)25/h1-2,7-8,26-27H,3H2. The highest BCUT2D eigenvalue weighted by Gasteiger charge is 2.47. The van der Waals surface area contributed by atoms with E-state index >= 15 is 0 Å². The minimum atomic E-state index is -5.87. The van der Waals surface area contributed by atoms with Crippen molar-refractivity contribution < 1.29 is 62.9 Å². The van der Waals surface area contributed by atoms with Crippen LogP contribution in [0.5, 0.6) is 0 Å². The Balaban J connectivity index is 3.74. The van der Waals surface area contributed by atoms with Crippen LogP contribution in [0.4, 0.5) is 52.7 Å². The summed E-state index contributed by atoms with van der Waals surface area (Å²) >= 11 is 0. The molecule has 14 heteroatoms. The summed E-state index contributed by atoms with van der Waals surface area (Å²) in [6.07, 6.45) is -31.7. The van der Waals surface area contributed by atoms with Crippen molar-refractivity contribution in [1.82, 2.24) is 0 Å². The number of hydrogen-bond donors (Lipinski definition) is 2. The zero-order valence-corrected chi connectivity index (χ0v) is 12.4. The van der Waals surface area contributed by atoms with Gasteiger partial charge in [0.05, 0.1) is 22.8 Å². The number of aliphatic hydroxyl groups is 2. The molecule has 1 rings (SSSR count). The minimum Gasteiger partial charge on any atom is -0.388 e. The van der Waals surface area contributed by atoms with Crippen LogP contribution in [-0.4, -0.2) is 22.5 Å². The average molecular weight is 424 g/mol. The topological polar surface area (TPSA) is 40.5 Å². The molecule has 0 amide bonds. The first kappa shape index (κ1) is 23.3. The molecular weight excluding hydrogens is 416 g/mol. The Labute approximate surface area is 142 Å². The highest BCUT2D eigenvalue weighted by molar-refractivity contribution is 5.45. The maximum Gasteiger partial charge on any atom is 0.416 e. The van der Waals surface area contributed by atoms with Crippen molar-refractivity contribution in [3.8, 4) is 0 Å². The van der Waals surface area contributed by atoms with Gasteiger partial charge in [-0.15, -0.1) is 0 Å². The molecule has 156 valence electrons. The second-order valence-corrected chi connectivity index (χ2v) is 5.29. The third kappa shape index (κ3) is 5.64. The van der Waals surface area contributed by atoms with E-state index in [1.54, 1.807) is 0 Å². The van der Waals surface area contributed by atoms with Gasteiger partial charge in [0.1, 0.15) is 0 Å². The lowest BCUT2D eigenvalue weighted by Gasteiger charge is -2.26. The van der Waals surface area contributed by atoms with E-state index in [2.05, 4.69) is 0 Å². The molecule has 27 heavy (non-hydrogen) atoms. The van der Waals surface area contributed by atoms with E-state index in [4.69, 9.17) is 5.11 Å². The Hall–Kier alpha value is -1.70. The smallest absolute Gasteiger partial charge is 0.388 e. The predicted octanol–water partition coefficient (Wildman–Crippen LogP) is 5.09. The van der Waals surface area contributed by atoms with Gasteiger partial charge in [0.25, 0.3) is 0 Å². The van der Waals surface area contributed by atoms with Crippen molar-refractivity contribution in [2.45, 2.75) is 43.3 Å². The number of hydrogen-bond acceptors (Lipinski definition) is 2. The van der Waals surface area contributed by atoms with Crippen LogP contribution in [-0.2, 0) is 18.5 Å². The first-order valence-electron chi connectivity index (χ1n) is 6.58. The summed E-state index contributed by atoms with van der Waals surface area (Å²) in [5, 5.41) is 18.3. The van der Waals surface area contributed by atoms with Gasteiger partial charge in [-0.05, 0) is 12.1 Å². The van der Waals surface area contributed by atoms with Gasteiger partial charge in [-0.25, -0.2) is 0 Å². The lowest BCUT2D eigenvalue weighted by atomic mass is 9.90. The molecule has 0 aliphatic carbocycles. The largest absolute Gasteiger partial charge is 0.416 e. The monoisotopic (exact) mass is 424 g/mol. The quantitative estimate of drug-likeness (QED) is 0.664. The summed E-state index contributed by atoms with van der Waals surface area (Å²) in [4.78, 5) is 0. The molecule has 0 fully saturated rings. The Morgan fingerprint density at radius 1 is 0.667 bits per heavy atom. The highest BCUT2D eigenvalue weighted by atomic mass is 19.4. The molecule has 0 aliphatic heterocycles. The molecule has 0 saturated carbocycles. The van der Waals surface area contributed by atoms with Crippen LogP contribution in [0.25, 0.3) is 0 Å². The van der Waals surface area contributed by atoms with Gasteiger partial charge < -0.3 is 10.2 Å². The molecule has 0 aromatic heterocycles. The number of benzene rings is 1. The molecule has 2 unspecified atom stereocenters. The minimum absolute atomic E-state index is 0.756. The van der Waals surface area contributed by atoms with Crippen molar-refractivity contribution in [1.29, 1.82) is 0 Å². The van der Waals surface area contributed by atoms with Gasteiger partial charge in [0.15, 0.2) is 6.10 Å². The van der Waals surface area contributed by atoms with E-state index in [-0.39, 0.29) is 0 Å². The van der Waals surface area contributed by atoms with Crippen molar-refractivity contribution >= 4 is 0 Å². The van der Waals surface area contributed by atoms with Crippen molar-refractivity contribution in [3.05, 3.63) is 34.4 Å². The number of aliphatic hydroxyl groups excluding tert-OH is 2. The average Bonchev–Trinajstić information content (AvgIpc) is 2.41. The fourth-order valence-corrected chi connectivity index (χ4v) is 2.11. The van der Waals surface area contributed by atoms with Gasteiger partial charge in [0, 0.05) is 12.0 Å². The molecule has 1 aromatic rings. The molecule has 2 atom stereocenters. The second-order valence-electron chi connectivity index (χ2n) is 5.29. The first-order chi connectivity index (χ1) is 11.8. The Morgan fingerprint density at radius 2 is 1.04 bits per heavy atom. The number of halogens is 12. The Morgan fingerprint density at radius 3 is 1.30 bits per heavy atom. The van der Waals surface area contributed by atoms with Gasteiger partial charge in [-0.1, -0.05) is 0 Å². The maximum absolute atomic E-state index is 13.0. The second kappa shape index (κ2) is 7.04. The summed E-state index contributed by atoms with van der Waals surface area (Å²) in [6.45, 7) is 0. The zero-order valence-electron chi connectivity index (χ0n) is 12.4. The van der Waals surface area contributed by atoms with Crippen molar-refractivity contribution in [3.63, 3.8) is 0 Å². The lowest BCUT2D eigenvalue weighted by Crippen LogP contribution is -2.31. The van der Waals surface area contributed by atoms with Crippen LogP contribution in [0.2, 0.25) is 0 Å². The van der Waals surface area contributed by atoms with Crippen LogP contribution in [0, 0.1) is 0 Å². The maximum atomic E-state index is 13.0. The Kier molecular flexibility index (Phi) is 6.08. The van der Waals surface area contributed by atoms with Gasteiger partial charge in [0.2, 0.25) is 0 Å². The predicted molar refractivity (Wildman–Crippen MR) is 63.1 cm³/mol. The van der Waals surface area contributed by atoms with E-state index in [9.17, 15) is 57.8 Å². The molecule has 0 spiro atoms. The summed E-state index contributed by atoms with van der Waals surface area (Å²) in [6, 6.07) is -1.51. The molecule has 2 nitrogen and oxygen atoms in total. The van der Waals surface area contributed by atoms with E-state index in [1.807, 2.05) is 0 Å². The third-order valence-corrected chi connectivity index (χ3v) is 3.28. The zero-order chi connectivity index (χ0) is 21.6. The molecule has 0 heterocycles.